The van der Waals surface area contributed by atoms with Gasteiger partial charge in [0.25, 0.3) is 0 Å². The van der Waals surface area contributed by atoms with E-state index >= 15 is 0 Å². The van der Waals surface area contributed by atoms with E-state index in [1.54, 1.807) is 18.5 Å². The zero-order valence-electron chi connectivity index (χ0n) is 10.1. The van der Waals surface area contributed by atoms with Gasteiger partial charge in [0, 0.05) is 18.6 Å². The van der Waals surface area contributed by atoms with E-state index in [2.05, 4.69) is 15.3 Å². The summed E-state index contributed by atoms with van der Waals surface area (Å²) in [5.74, 6) is 0.393. The van der Waals surface area contributed by atoms with Crippen LogP contribution in [0.5, 0.6) is 0 Å². The summed E-state index contributed by atoms with van der Waals surface area (Å²) in [4.78, 5) is 7.74. The number of anilines is 1. The SMILES string of the molecule is CC(Nc1ccc(C(F)(F)F)cn1)c1cccnc1. The molecule has 1 atom stereocenters. The minimum absolute atomic E-state index is 0.0852. The topological polar surface area (TPSA) is 37.8 Å². The summed E-state index contributed by atoms with van der Waals surface area (Å²) in [5.41, 5.74) is 0.177. The van der Waals surface area contributed by atoms with Gasteiger partial charge >= 0.3 is 6.18 Å². The van der Waals surface area contributed by atoms with Crippen molar-refractivity contribution in [3.05, 3.63) is 54.0 Å². The maximum absolute atomic E-state index is 12.4. The summed E-state index contributed by atoms with van der Waals surface area (Å²) in [7, 11) is 0. The lowest BCUT2D eigenvalue weighted by molar-refractivity contribution is -0.137. The molecule has 0 aromatic carbocycles. The highest BCUT2D eigenvalue weighted by atomic mass is 19.4. The predicted molar refractivity (Wildman–Crippen MR) is 65.5 cm³/mol. The lowest BCUT2D eigenvalue weighted by atomic mass is 10.1. The Kier molecular flexibility index (Phi) is 3.69. The van der Waals surface area contributed by atoms with E-state index in [9.17, 15) is 13.2 Å². The van der Waals surface area contributed by atoms with Crippen LogP contribution in [0.2, 0.25) is 0 Å². The van der Waals surface area contributed by atoms with E-state index in [4.69, 9.17) is 0 Å². The molecule has 1 unspecified atom stereocenters. The first kappa shape index (κ1) is 13.3. The van der Waals surface area contributed by atoms with Crippen LogP contribution in [-0.4, -0.2) is 9.97 Å². The number of nitrogens with zero attached hydrogens (tertiary/aromatic N) is 2. The van der Waals surface area contributed by atoms with Crippen molar-refractivity contribution in [1.29, 1.82) is 0 Å². The maximum atomic E-state index is 12.4. The van der Waals surface area contributed by atoms with Gasteiger partial charge in [-0.3, -0.25) is 4.98 Å². The first-order chi connectivity index (χ1) is 8.97. The smallest absolute Gasteiger partial charge is 0.363 e. The van der Waals surface area contributed by atoms with Crippen LogP contribution >= 0.6 is 0 Å². The van der Waals surface area contributed by atoms with E-state index in [-0.39, 0.29) is 6.04 Å². The van der Waals surface area contributed by atoms with Gasteiger partial charge < -0.3 is 5.32 Å². The molecular weight excluding hydrogens is 255 g/mol. The van der Waals surface area contributed by atoms with Crippen LogP contribution in [0.15, 0.2) is 42.9 Å². The zero-order chi connectivity index (χ0) is 13.9. The van der Waals surface area contributed by atoms with Gasteiger partial charge in [-0.1, -0.05) is 6.07 Å². The number of hydrogen-bond acceptors (Lipinski definition) is 3. The van der Waals surface area contributed by atoms with Gasteiger partial charge in [0.2, 0.25) is 0 Å². The molecular formula is C13H12F3N3. The van der Waals surface area contributed by atoms with Gasteiger partial charge in [0.05, 0.1) is 11.6 Å². The number of aromatic nitrogens is 2. The molecule has 0 saturated carbocycles. The molecule has 0 aliphatic rings. The van der Waals surface area contributed by atoms with Crippen molar-refractivity contribution in [3.8, 4) is 0 Å². The third-order valence-corrected chi connectivity index (χ3v) is 2.64. The molecule has 0 aliphatic heterocycles. The monoisotopic (exact) mass is 267 g/mol. The van der Waals surface area contributed by atoms with Gasteiger partial charge in [-0.15, -0.1) is 0 Å². The van der Waals surface area contributed by atoms with Crippen molar-refractivity contribution in [2.75, 3.05) is 5.32 Å². The Morgan fingerprint density at radius 3 is 2.47 bits per heavy atom. The van der Waals surface area contributed by atoms with Gasteiger partial charge in [-0.2, -0.15) is 13.2 Å². The number of pyridine rings is 2. The third kappa shape index (κ3) is 3.43. The first-order valence-corrected chi connectivity index (χ1v) is 5.66. The van der Waals surface area contributed by atoms with Crippen LogP contribution in [0.3, 0.4) is 0 Å². The molecule has 19 heavy (non-hydrogen) atoms. The van der Waals surface area contributed by atoms with Crippen molar-refractivity contribution >= 4 is 5.82 Å². The standard InChI is InChI=1S/C13H12F3N3/c1-9(10-3-2-6-17-7-10)19-12-5-4-11(8-18-12)13(14,15)16/h2-9H,1H3,(H,18,19). The van der Waals surface area contributed by atoms with E-state index in [0.717, 1.165) is 17.8 Å². The Balaban J connectivity index is 2.08. The molecule has 100 valence electrons. The number of rotatable bonds is 3. The Hall–Kier alpha value is -2.11. The number of hydrogen-bond donors (Lipinski definition) is 1. The molecule has 0 saturated heterocycles. The highest BCUT2D eigenvalue weighted by Gasteiger charge is 2.30. The van der Waals surface area contributed by atoms with Crippen molar-refractivity contribution < 1.29 is 13.2 Å². The molecule has 0 amide bonds. The van der Waals surface area contributed by atoms with Crippen molar-refractivity contribution in [2.24, 2.45) is 0 Å². The fourth-order valence-electron chi connectivity index (χ4n) is 1.58. The zero-order valence-corrected chi connectivity index (χ0v) is 10.1. The van der Waals surface area contributed by atoms with E-state index in [1.807, 2.05) is 13.0 Å². The van der Waals surface area contributed by atoms with Crippen LogP contribution in [0.25, 0.3) is 0 Å². The summed E-state index contributed by atoms with van der Waals surface area (Å²) in [6, 6.07) is 5.92. The molecule has 2 heterocycles. The third-order valence-electron chi connectivity index (χ3n) is 2.64. The fraction of sp³-hybridized carbons (Fsp3) is 0.231. The summed E-state index contributed by atoms with van der Waals surface area (Å²) in [6.45, 7) is 1.89. The summed E-state index contributed by atoms with van der Waals surface area (Å²) < 4.78 is 37.1. The van der Waals surface area contributed by atoms with Crippen LogP contribution in [0.1, 0.15) is 24.1 Å². The minimum Gasteiger partial charge on any atom is -0.363 e. The van der Waals surface area contributed by atoms with Crippen molar-refractivity contribution in [1.82, 2.24) is 9.97 Å². The Bertz CT molecular complexity index is 523. The minimum atomic E-state index is -4.36. The summed E-state index contributed by atoms with van der Waals surface area (Å²) in [6.07, 6.45) is -0.187. The van der Waals surface area contributed by atoms with Gasteiger partial charge in [0.1, 0.15) is 5.82 Å². The normalized spacial score (nSPS) is 13.1. The quantitative estimate of drug-likeness (QED) is 0.922. The molecule has 0 bridgehead atoms. The van der Waals surface area contributed by atoms with Crippen LogP contribution in [-0.2, 0) is 6.18 Å². The summed E-state index contributed by atoms with van der Waals surface area (Å²) in [5, 5.41) is 3.02. The molecule has 2 aromatic heterocycles. The van der Waals surface area contributed by atoms with Gasteiger partial charge in [-0.25, -0.2) is 4.98 Å². The predicted octanol–water partition coefficient (Wildman–Crippen LogP) is 3.67. The Labute approximate surface area is 108 Å². The molecule has 3 nitrogen and oxygen atoms in total. The highest BCUT2D eigenvalue weighted by molar-refractivity contribution is 5.39. The van der Waals surface area contributed by atoms with Crippen LogP contribution in [0.4, 0.5) is 19.0 Å². The molecule has 0 aliphatic carbocycles. The lowest BCUT2D eigenvalue weighted by Crippen LogP contribution is -2.10. The second-order valence-electron chi connectivity index (χ2n) is 4.08. The number of halogens is 3. The molecule has 0 radical (unpaired) electrons. The highest BCUT2D eigenvalue weighted by Crippen LogP contribution is 2.29. The molecule has 0 spiro atoms. The molecule has 1 N–H and O–H groups in total. The fourth-order valence-corrected chi connectivity index (χ4v) is 1.58. The van der Waals surface area contributed by atoms with E-state index in [0.29, 0.717) is 5.82 Å². The van der Waals surface area contributed by atoms with Crippen LogP contribution in [0, 0.1) is 0 Å². The van der Waals surface area contributed by atoms with Gasteiger partial charge in [0.15, 0.2) is 0 Å². The lowest BCUT2D eigenvalue weighted by Gasteiger charge is -2.15. The number of alkyl halides is 3. The molecule has 0 fully saturated rings. The van der Waals surface area contributed by atoms with Crippen molar-refractivity contribution in [3.63, 3.8) is 0 Å². The Morgan fingerprint density at radius 2 is 1.95 bits per heavy atom. The van der Waals surface area contributed by atoms with E-state index in [1.165, 1.54) is 6.07 Å². The average molecular weight is 267 g/mol. The second-order valence-corrected chi connectivity index (χ2v) is 4.08. The number of nitrogens with one attached hydrogen (secondary N) is 1. The van der Waals surface area contributed by atoms with Crippen LogP contribution < -0.4 is 5.32 Å². The van der Waals surface area contributed by atoms with E-state index < -0.39 is 11.7 Å². The summed E-state index contributed by atoms with van der Waals surface area (Å²) >= 11 is 0. The van der Waals surface area contributed by atoms with Crippen molar-refractivity contribution in [2.45, 2.75) is 19.1 Å². The van der Waals surface area contributed by atoms with Gasteiger partial charge in [-0.05, 0) is 30.7 Å². The molecule has 2 rings (SSSR count). The molecule has 6 heteroatoms. The first-order valence-electron chi connectivity index (χ1n) is 5.66. The maximum Gasteiger partial charge on any atom is 0.417 e. The second kappa shape index (κ2) is 5.26. The molecule has 2 aromatic rings. The Morgan fingerprint density at radius 1 is 1.16 bits per heavy atom. The average Bonchev–Trinajstić information content (AvgIpc) is 2.39. The largest absolute Gasteiger partial charge is 0.417 e.